The van der Waals surface area contributed by atoms with E-state index >= 15 is 0 Å². The van der Waals surface area contributed by atoms with Gasteiger partial charge < -0.3 is 14.6 Å². The Kier molecular flexibility index (Phi) is 5.36. The van der Waals surface area contributed by atoms with E-state index in [9.17, 15) is 4.79 Å². The average Bonchev–Trinajstić information content (AvgIpc) is 3.07. The molecule has 27 heavy (non-hydrogen) atoms. The fourth-order valence-electron chi connectivity index (χ4n) is 3.41. The summed E-state index contributed by atoms with van der Waals surface area (Å²) in [6, 6.07) is 16.3. The number of esters is 1. The Labute approximate surface area is 160 Å². The molecule has 0 amide bonds. The number of rotatable bonds is 5. The van der Waals surface area contributed by atoms with Gasteiger partial charge >= 0.3 is 5.97 Å². The fourth-order valence-corrected chi connectivity index (χ4v) is 3.41. The van der Waals surface area contributed by atoms with E-state index in [2.05, 4.69) is 35.9 Å². The predicted molar refractivity (Wildman–Crippen MR) is 111 cm³/mol. The van der Waals surface area contributed by atoms with E-state index in [0.29, 0.717) is 12.3 Å². The first-order chi connectivity index (χ1) is 12.9. The summed E-state index contributed by atoms with van der Waals surface area (Å²) in [7, 11) is 4.06. The number of carbonyl (C=O) groups excluding carboxylic acids is 1. The minimum absolute atomic E-state index is 0.329. The zero-order chi connectivity index (χ0) is 19.6. The van der Waals surface area contributed by atoms with Gasteiger partial charge in [-0.1, -0.05) is 30.3 Å². The number of nitrogens with one attached hydrogen (secondary N) is 1. The monoisotopic (exact) mass is 362 g/mol. The van der Waals surface area contributed by atoms with Gasteiger partial charge in [0.15, 0.2) is 0 Å². The van der Waals surface area contributed by atoms with Crippen LogP contribution in [-0.2, 0) is 4.74 Å². The molecular formula is C23H26N2O2. The van der Waals surface area contributed by atoms with Crippen molar-refractivity contribution in [2.45, 2.75) is 20.8 Å². The normalized spacial score (nSPS) is 10.7. The molecule has 1 aromatic heterocycles. The highest BCUT2D eigenvalue weighted by atomic mass is 16.5. The Morgan fingerprint density at radius 2 is 1.67 bits per heavy atom. The molecule has 0 atom stereocenters. The van der Waals surface area contributed by atoms with Gasteiger partial charge in [0, 0.05) is 31.0 Å². The van der Waals surface area contributed by atoms with E-state index in [1.807, 2.05) is 57.4 Å². The van der Waals surface area contributed by atoms with Crippen molar-refractivity contribution in [2.24, 2.45) is 0 Å². The van der Waals surface area contributed by atoms with Crippen molar-refractivity contribution in [2.75, 3.05) is 25.6 Å². The van der Waals surface area contributed by atoms with E-state index in [-0.39, 0.29) is 5.97 Å². The number of aromatic amines is 1. The third kappa shape index (κ3) is 3.75. The smallest absolute Gasteiger partial charge is 0.355 e. The minimum Gasteiger partial charge on any atom is -0.461 e. The molecule has 0 aliphatic heterocycles. The number of hydrogen-bond donors (Lipinski definition) is 1. The number of aromatic nitrogens is 1. The summed E-state index contributed by atoms with van der Waals surface area (Å²) in [5, 5.41) is 0. The van der Waals surface area contributed by atoms with Gasteiger partial charge in [-0.3, -0.25) is 0 Å². The molecule has 0 fully saturated rings. The summed E-state index contributed by atoms with van der Waals surface area (Å²) in [4.78, 5) is 18.0. The second-order valence-corrected chi connectivity index (χ2v) is 6.91. The van der Waals surface area contributed by atoms with Crippen LogP contribution < -0.4 is 4.90 Å². The molecule has 0 unspecified atom stereocenters. The fraction of sp³-hybridized carbons (Fsp3) is 0.261. The zero-order valence-electron chi connectivity index (χ0n) is 16.6. The SMILES string of the molecule is CCOC(=O)c1[nH]c(-c2ccccc2)cc1-c1c(C)cc(N(C)C)cc1C. The van der Waals surface area contributed by atoms with E-state index in [0.717, 1.165) is 39.2 Å². The van der Waals surface area contributed by atoms with E-state index in [4.69, 9.17) is 4.74 Å². The maximum absolute atomic E-state index is 12.6. The van der Waals surface area contributed by atoms with Crippen LogP contribution >= 0.6 is 0 Å². The van der Waals surface area contributed by atoms with Crippen LogP contribution in [0.15, 0.2) is 48.5 Å². The second-order valence-electron chi connectivity index (χ2n) is 6.91. The van der Waals surface area contributed by atoms with Crippen LogP contribution in [0.5, 0.6) is 0 Å². The minimum atomic E-state index is -0.329. The van der Waals surface area contributed by atoms with Crippen molar-refractivity contribution < 1.29 is 9.53 Å². The molecule has 2 aromatic carbocycles. The van der Waals surface area contributed by atoms with Gasteiger partial charge in [-0.05, 0) is 61.2 Å². The quantitative estimate of drug-likeness (QED) is 0.634. The Balaban J connectivity index is 2.20. The predicted octanol–water partition coefficient (Wildman–Crippen LogP) is 5.21. The van der Waals surface area contributed by atoms with Crippen LogP contribution in [0.25, 0.3) is 22.4 Å². The number of anilines is 1. The van der Waals surface area contributed by atoms with Crippen LogP contribution in [0.3, 0.4) is 0 Å². The molecule has 1 N–H and O–H groups in total. The number of nitrogens with zero attached hydrogens (tertiary/aromatic N) is 1. The molecule has 140 valence electrons. The number of benzene rings is 2. The highest BCUT2D eigenvalue weighted by molar-refractivity contribution is 5.98. The van der Waals surface area contributed by atoms with Gasteiger partial charge in [0.1, 0.15) is 5.69 Å². The Bertz CT molecular complexity index is 933. The Morgan fingerprint density at radius 1 is 1.04 bits per heavy atom. The first-order valence-electron chi connectivity index (χ1n) is 9.16. The van der Waals surface area contributed by atoms with Crippen molar-refractivity contribution in [3.8, 4) is 22.4 Å². The van der Waals surface area contributed by atoms with Crippen molar-refractivity contribution >= 4 is 11.7 Å². The number of aryl methyl sites for hydroxylation is 2. The van der Waals surface area contributed by atoms with Crippen LogP contribution in [0.4, 0.5) is 5.69 Å². The zero-order valence-corrected chi connectivity index (χ0v) is 16.6. The molecule has 0 spiro atoms. The largest absolute Gasteiger partial charge is 0.461 e. The molecule has 0 saturated heterocycles. The maximum Gasteiger partial charge on any atom is 0.355 e. The first kappa shape index (κ1) is 18.8. The van der Waals surface area contributed by atoms with Gasteiger partial charge in [-0.15, -0.1) is 0 Å². The molecule has 3 rings (SSSR count). The lowest BCUT2D eigenvalue weighted by Gasteiger charge is -2.18. The molecule has 0 aliphatic rings. The van der Waals surface area contributed by atoms with Crippen LogP contribution in [0.1, 0.15) is 28.5 Å². The standard InChI is InChI=1S/C23H26N2O2/c1-6-27-23(26)22-19(14-20(24-22)17-10-8-7-9-11-17)21-15(2)12-18(25(4)5)13-16(21)3/h7-14,24H,6H2,1-5H3. The summed E-state index contributed by atoms with van der Waals surface area (Å²) in [6.07, 6.45) is 0. The number of hydrogen-bond acceptors (Lipinski definition) is 3. The maximum atomic E-state index is 12.6. The van der Waals surface area contributed by atoms with Crippen LogP contribution in [-0.4, -0.2) is 31.7 Å². The molecule has 4 nitrogen and oxygen atoms in total. The van der Waals surface area contributed by atoms with Crippen molar-refractivity contribution in [3.63, 3.8) is 0 Å². The third-order valence-electron chi connectivity index (χ3n) is 4.69. The molecule has 0 radical (unpaired) electrons. The summed E-state index contributed by atoms with van der Waals surface area (Å²) in [6.45, 7) is 6.33. The van der Waals surface area contributed by atoms with Crippen LogP contribution in [0, 0.1) is 13.8 Å². The Morgan fingerprint density at radius 3 is 2.22 bits per heavy atom. The van der Waals surface area contributed by atoms with Gasteiger partial charge in [0.2, 0.25) is 0 Å². The summed E-state index contributed by atoms with van der Waals surface area (Å²) in [5.41, 5.74) is 7.80. The van der Waals surface area contributed by atoms with E-state index in [1.165, 1.54) is 0 Å². The van der Waals surface area contributed by atoms with Crippen molar-refractivity contribution in [1.82, 2.24) is 4.98 Å². The number of H-pyrrole nitrogens is 1. The number of carbonyl (C=O) groups is 1. The lowest BCUT2D eigenvalue weighted by atomic mass is 9.94. The molecule has 4 heteroatoms. The highest BCUT2D eigenvalue weighted by Gasteiger charge is 2.21. The third-order valence-corrected chi connectivity index (χ3v) is 4.69. The Hall–Kier alpha value is -3.01. The molecule has 0 bridgehead atoms. The van der Waals surface area contributed by atoms with E-state index in [1.54, 1.807) is 0 Å². The average molecular weight is 362 g/mol. The summed E-state index contributed by atoms with van der Waals surface area (Å²) >= 11 is 0. The van der Waals surface area contributed by atoms with E-state index < -0.39 is 0 Å². The van der Waals surface area contributed by atoms with Gasteiger partial charge in [-0.25, -0.2) is 4.79 Å². The second kappa shape index (κ2) is 7.70. The van der Waals surface area contributed by atoms with Gasteiger partial charge in [0.25, 0.3) is 0 Å². The van der Waals surface area contributed by atoms with Gasteiger partial charge in [0.05, 0.1) is 6.61 Å². The van der Waals surface area contributed by atoms with Crippen molar-refractivity contribution in [1.29, 1.82) is 0 Å². The summed E-state index contributed by atoms with van der Waals surface area (Å²) < 4.78 is 5.30. The molecule has 0 saturated carbocycles. The van der Waals surface area contributed by atoms with Gasteiger partial charge in [-0.2, -0.15) is 0 Å². The molecule has 1 heterocycles. The lowest BCUT2D eigenvalue weighted by molar-refractivity contribution is 0.0521. The topological polar surface area (TPSA) is 45.3 Å². The lowest BCUT2D eigenvalue weighted by Crippen LogP contribution is -2.10. The molecular weight excluding hydrogens is 336 g/mol. The summed E-state index contributed by atoms with van der Waals surface area (Å²) in [5.74, 6) is -0.329. The molecule has 3 aromatic rings. The van der Waals surface area contributed by atoms with Crippen molar-refractivity contribution in [3.05, 3.63) is 65.4 Å². The highest BCUT2D eigenvalue weighted by Crippen LogP contribution is 2.36. The number of ether oxygens (including phenoxy) is 1. The first-order valence-corrected chi connectivity index (χ1v) is 9.16. The molecule has 0 aliphatic carbocycles. The van der Waals surface area contributed by atoms with Crippen LogP contribution in [0.2, 0.25) is 0 Å².